The second-order valence-electron chi connectivity index (χ2n) is 5.51. The van der Waals surface area contributed by atoms with Gasteiger partial charge in [0, 0.05) is 0 Å². The van der Waals surface area contributed by atoms with Gasteiger partial charge in [-0.15, -0.1) is 0 Å². The van der Waals surface area contributed by atoms with Crippen molar-refractivity contribution in [2.75, 3.05) is 16.8 Å². The van der Waals surface area contributed by atoms with Gasteiger partial charge in [-0.2, -0.15) is 9.97 Å². The van der Waals surface area contributed by atoms with Gasteiger partial charge >= 0.3 is 0 Å². The molecule has 1 aromatic carbocycles. The number of anilines is 3. The molecule has 134 valence electrons. The predicted molar refractivity (Wildman–Crippen MR) is 98.8 cm³/mol. The molecule has 1 unspecified atom stereocenters. The lowest BCUT2D eigenvalue weighted by Gasteiger charge is -2.17. The fourth-order valence-corrected chi connectivity index (χ4v) is 2.74. The monoisotopic (exact) mass is 374 g/mol. The number of nitrogens with two attached hydrogens (primary N) is 3. The largest absolute Gasteiger partial charge is 0.383 e. The molecule has 26 heavy (non-hydrogen) atoms. The Bertz CT molecular complexity index is 1080. The van der Waals surface area contributed by atoms with E-state index in [2.05, 4.69) is 25.3 Å². The normalized spacial score (nSPS) is 12.1. The molecule has 1 amide bonds. The summed E-state index contributed by atoms with van der Waals surface area (Å²) in [5.41, 5.74) is 16.5. The summed E-state index contributed by atoms with van der Waals surface area (Å²) >= 11 is 6.04. The molecular formula is C15H15ClN8O2. The smallest absolute Gasteiger partial charge is 0.260 e. The highest BCUT2D eigenvalue weighted by atomic mass is 35.5. The number of amides is 1. The first-order valence-corrected chi connectivity index (χ1v) is 7.83. The van der Waals surface area contributed by atoms with Gasteiger partial charge in [0.05, 0.1) is 22.0 Å². The molecule has 0 aliphatic rings. The summed E-state index contributed by atoms with van der Waals surface area (Å²) in [5.74, 6) is -0.746. The van der Waals surface area contributed by atoms with E-state index in [4.69, 9.17) is 28.8 Å². The first-order valence-electron chi connectivity index (χ1n) is 7.45. The molecule has 0 aliphatic heterocycles. The van der Waals surface area contributed by atoms with Crippen molar-refractivity contribution in [3.63, 3.8) is 0 Å². The Balaban J connectivity index is 2.04. The van der Waals surface area contributed by atoms with Gasteiger partial charge in [0.25, 0.3) is 11.5 Å². The molecule has 11 heteroatoms. The van der Waals surface area contributed by atoms with Crippen LogP contribution in [-0.4, -0.2) is 25.8 Å². The molecule has 0 aliphatic carbocycles. The molecule has 0 spiro atoms. The van der Waals surface area contributed by atoms with E-state index in [9.17, 15) is 9.59 Å². The van der Waals surface area contributed by atoms with Crippen molar-refractivity contribution in [1.82, 2.24) is 19.9 Å². The van der Waals surface area contributed by atoms with Crippen LogP contribution in [0.25, 0.3) is 10.9 Å². The van der Waals surface area contributed by atoms with E-state index in [-0.39, 0.29) is 28.7 Å². The van der Waals surface area contributed by atoms with E-state index in [0.717, 1.165) is 0 Å². The van der Waals surface area contributed by atoms with Gasteiger partial charge in [-0.05, 0) is 19.1 Å². The molecule has 2 heterocycles. The van der Waals surface area contributed by atoms with Crippen LogP contribution in [0.15, 0.2) is 23.0 Å². The molecule has 0 bridgehead atoms. The fourth-order valence-electron chi connectivity index (χ4n) is 2.49. The molecule has 10 nitrogen and oxygen atoms in total. The van der Waals surface area contributed by atoms with E-state index >= 15 is 0 Å². The Morgan fingerprint density at radius 2 is 2.00 bits per heavy atom. The van der Waals surface area contributed by atoms with Crippen molar-refractivity contribution in [3.05, 3.63) is 45.0 Å². The summed E-state index contributed by atoms with van der Waals surface area (Å²) in [5, 5.41) is 3.51. The third kappa shape index (κ3) is 3.09. The Labute approximate surface area is 151 Å². The molecule has 2 aromatic heterocycles. The predicted octanol–water partition coefficient (Wildman–Crippen LogP) is 0.803. The minimum atomic E-state index is -0.816. The van der Waals surface area contributed by atoms with E-state index in [1.54, 1.807) is 25.1 Å². The van der Waals surface area contributed by atoms with Crippen molar-refractivity contribution < 1.29 is 4.79 Å². The molecule has 0 fully saturated rings. The molecule has 1 atom stereocenters. The number of carbonyl (C=O) groups excluding carboxylic acids is 1. The van der Waals surface area contributed by atoms with Crippen LogP contribution in [0.2, 0.25) is 5.02 Å². The van der Waals surface area contributed by atoms with Crippen molar-refractivity contribution in [2.24, 2.45) is 5.73 Å². The lowest BCUT2D eigenvalue weighted by molar-refractivity contribution is 0.100. The highest BCUT2D eigenvalue weighted by Gasteiger charge is 2.20. The summed E-state index contributed by atoms with van der Waals surface area (Å²) < 4.78 is 0. The second kappa shape index (κ2) is 6.48. The van der Waals surface area contributed by atoms with Gasteiger partial charge < -0.3 is 27.5 Å². The second-order valence-corrected chi connectivity index (χ2v) is 5.91. The van der Waals surface area contributed by atoms with Crippen LogP contribution in [0.4, 0.5) is 17.6 Å². The average molecular weight is 375 g/mol. The van der Waals surface area contributed by atoms with Crippen LogP contribution in [-0.2, 0) is 0 Å². The van der Waals surface area contributed by atoms with Gasteiger partial charge in [0.15, 0.2) is 0 Å². The van der Waals surface area contributed by atoms with E-state index in [1.807, 2.05) is 0 Å². The molecule has 3 rings (SSSR count). The number of hydrogen-bond donors (Lipinski definition) is 5. The van der Waals surface area contributed by atoms with Crippen molar-refractivity contribution >= 4 is 46.0 Å². The Hall–Kier alpha value is -3.40. The highest BCUT2D eigenvalue weighted by Crippen LogP contribution is 2.24. The van der Waals surface area contributed by atoms with Crippen molar-refractivity contribution in [3.8, 4) is 0 Å². The Morgan fingerprint density at radius 3 is 2.69 bits per heavy atom. The molecule has 3 aromatic rings. The number of primary amides is 1. The number of nitrogens with one attached hydrogen (secondary N) is 2. The van der Waals surface area contributed by atoms with Gasteiger partial charge in [-0.25, -0.2) is 4.98 Å². The number of hydrogen-bond acceptors (Lipinski definition) is 8. The third-order valence-corrected chi connectivity index (χ3v) is 3.98. The van der Waals surface area contributed by atoms with Crippen LogP contribution in [0.5, 0.6) is 0 Å². The molecule has 0 saturated carbocycles. The molecule has 0 saturated heterocycles. The van der Waals surface area contributed by atoms with E-state index in [1.165, 1.54) is 0 Å². The van der Waals surface area contributed by atoms with Gasteiger partial charge in [0.1, 0.15) is 23.0 Å². The zero-order chi connectivity index (χ0) is 19.0. The summed E-state index contributed by atoms with van der Waals surface area (Å²) in [7, 11) is 0. The number of halogens is 1. The Kier molecular flexibility index (Phi) is 4.34. The van der Waals surface area contributed by atoms with Crippen LogP contribution in [0.3, 0.4) is 0 Å². The van der Waals surface area contributed by atoms with Gasteiger partial charge in [0.2, 0.25) is 5.95 Å². The first-order chi connectivity index (χ1) is 12.3. The quantitative estimate of drug-likeness (QED) is 0.444. The summed E-state index contributed by atoms with van der Waals surface area (Å²) in [4.78, 5) is 38.7. The molecule has 8 N–H and O–H groups in total. The zero-order valence-electron chi connectivity index (χ0n) is 13.6. The highest BCUT2D eigenvalue weighted by molar-refractivity contribution is 6.35. The number of fused-ring (bicyclic) bond motifs is 1. The van der Waals surface area contributed by atoms with Crippen molar-refractivity contribution in [2.45, 2.75) is 13.0 Å². The third-order valence-electron chi connectivity index (χ3n) is 3.67. The van der Waals surface area contributed by atoms with Crippen LogP contribution in [0, 0.1) is 0 Å². The standard InChI is InChI=1S/C15H15ClN8O2/c1-5(20-13-9(11(18)25)10(17)22-15(19)24-13)12-21-7-4-2-3-6(16)8(7)14(26)23-12/h2-5H,1H3,(H2,18,25)(H,21,23,26)(H5,17,19,20,22,24). The first kappa shape index (κ1) is 17.4. The number of H-pyrrole nitrogens is 1. The number of aromatic nitrogens is 4. The van der Waals surface area contributed by atoms with Gasteiger partial charge in [-0.3, -0.25) is 9.59 Å². The van der Waals surface area contributed by atoms with E-state index < -0.39 is 11.9 Å². The lowest BCUT2D eigenvalue weighted by atomic mass is 10.2. The van der Waals surface area contributed by atoms with Crippen molar-refractivity contribution in [1.29, 1.82) is 0 Å². The number of benzene rings is 1. The Morgan fingerprint density at radius 1 is 1.27 bits per heavy atom. The SMILES string of the molecule is CC(Nc1nc(N)nc(N)c1C(N)=O)c1nc2cccc(Cl)c2c(=O)[nH]1. The minimum Gasteiger partial charge on any atom is -0.383 e. The number of nitrogen functional groups attached to an aromatic ring is 2. The van der Waals surface area contributed by atoms with Crippen LogP contribution < -0.4 is 28.1 Å². The van der Waals surface area contributed by atoms with E-state index in [0.29, 0.717) is 21.7 Å². The zero-order valence-corrected chi connectivity index (χ0v) is 14.3. The minimum absolute atomic E-state index is 0.0452. The number of nitrogens with zero attached hydrogens (tertiary/aromatic N) is 3. The molecule has 0 radical (unpaired) electrons. The summed E-state index contributed by atoms with van der Waals surface area (Å²) in [6.07, 6.45) is 0. The topological polar surface area (TPSA) is 179 Å². The summed E-state index contributed by atoms with van der Waals surface area (Å²) in [6, 6.07) is 4.41. The maximum absolute atomic E-state index is 12.3. The number of carbonyl (C=O) groups is 1. The maximum atomic E-state index is 12.3. The van der Waals surface area contributed by atoms with Gasteiger partial charge in [-0.1, -0.05) is 17.7 Å². The summed E-state index contributed by atoms with van der Waals surface area (Å²) in [6.45, 7) is 1.70. The fraction of sp³-hybridized carbons (Fsp3) is 0.133. The maximum Gasteiger partial charge on any atom is 0.260 e. The number of rotatable bonds is 4. The molecular weight excluding hydrogens is 360 g/mol. The van der Waals surface area contributed by atoms with Crippen LogP contribution in [0.1, 0.15) is 29.1 Å². The lowest BCUT2D eigenvalue weighted by Crippen LogP contribution is -2.23. The number of aromatic amines is 1. The van der Waals surface area contributed by atoms with Crippen LogP contribution >= 0.6 is 11.6 Å². The average Bonchev–Trinajstić information content (AvgIpc) is 2.53.